The van der Waals surface area contributed by atoms with Crippen molar-refractivity contribution in [1.29, 1.82) is 0 Å². The van der Waals surface area contributed by atoms with E-state index in [4.69, 9.17) is 5.73 Å². The van der Waals surface area contributed by atoms with Gasteiger partial charge in [0.15, 0.2) is 0 Å². The lowest BCUT2D eigenvalue weighted by atomic mass is 9.96. The van der Waals surface area contributed by atoms with Crippen molar-refractivity contribution < 1.29 is 4.79 Å². The summed E-state index contributed by atoms with van der Waals surface area (Å²) in [6, 6.07) is 5.89. The number of nitrogens with two attached hydrogens (primary N) is 1. The summed E-state index contributed by atoms with van der Waals surface area (Å²) in [5.41, 5.74) is 8.68. The van der Waals surface area contributed by atoms with Crippen molar-refractivity contribution in [2.45, 2.75) is 19.4 Å². The third kappa shape index (κ3) is 1.51. The van der Waals surface area contributed by atoms with E-state index in [2.05, 4.69) is 5.32 Å². The Balaban J connectivity index is 2.46. The molecule has 1 amide bonds. The first-order valence-electron chi connectivity index (χ1n) is 4.85. The molecule has 3 N–H and O–H groups in total. The number of carbonyl (C=O) groups is 1. The number of fused-ring (bicyclic) bond motifs is 1. The molecule has 1 heterocycles. The predicted molar refractivity (Wildman–Crippen MR) is 55.1 cm³/mol. The molecule has 14 heavy (non-hydrogen) atoms. The van der Waals surface area contributed by atoms with Crippen molar-refractivity contribution in [3.63, 3.8) is 0 Å². The third-order valence-electron chi connectivity index (χ3n) is 2.58. The molecule has 0 unspecified atom stereocenters. The molecule has 3 heteroatoms. The summed E-state index contributed by atoms with van der Waals surface area (Å²) < 4.78 is 0. The zero-order chi connectivity index (χ0) is 10.1. The van der Waals surface area contributed by atoms with Crippen LogP contribution in [0.1, 0.15) is 34.5 Å². The number of amides is 1. The standard InChI is InChI=1S/C11H14N2O/c1-7(12)9-3-2-8-4-5-13-11(14)10(8)6-9/h2-3,6-7H,4-5,12H2,1H3,(H,13,14)/t7-/m1/s1. The second kappa shape index (κ2) is 3.42. The Morgan fingerprint density at radius 2 is 2.29 bits per heavy atom. The highest BCUT2D eigenvalue weighted by Gasteiger charge is 2.16. The maximum Gasteiger partial charge on any atom is 0.251 e. The minimum absolute atomic E-state index is 0.0185. The van der Waals surface area contributed by atoms with Crippen molar-refractivity contribution in [3.05, 3.63) is 34.9 Å². The van der Waals surface area contributed by atoms with E-state index >= 15 is 0 Å². The van der Waals surface area contributed by atoms with Crippen molar-refractivity contribution >= 4 is 5.91 Å². The molecule has 0 aromatic heterocycles. The van der Waals surface area contributed by atoms with Crippen LogP contribution in [0.15, 0.2) is 18.2 Å². The molecule has 74 valence electrons. The van der Waals surface area contributed by atoms with Crippen molar-refractivity contribution in [2.75, 3.05) is 6.54 Å². The summed E-state index contributed by atoms with van der Waals surface area (Å²) in [5, 5.41) is 2.82. The molecule has 1 atom stereocenters. The fraction of sp³-hybridized carbons (Fsp3) is 0.364. The molecule has 3 nitrogen and oxygen atoms in total. The summed E-state index contributed by atoms with van der Waals surface area (Å²) in [5.74, 6) is 0.0220. The summed E-state index contributed by atoms with van der Waals surface area (Å²) >= 11 is 0. The lowest BCUT2D eigenvalue weighted by molar-refractivity contribution is 0.0946. The molecule has 0 spiro atoms. The van der Waals surface area contributed by atoms with Crippen LogP contribution in [-0.4, -0.2) is 12.5 Å². The molecule has 1 aromatic carbocycles. The maximum absolute atomic E-state index is 11.5. The molecular formula is C11H14N2O. The van der Waals surface area contributed by atoms with Gasteiger partial charge in [-0.2, -0.15) is 0 Å². The summed E-state index contributed by atoms with van der Waals surface area (Å²) in [4.78, 5) is 11.5. The Kier molecular flexibility index (Phi) is 2.25. The van der Waals surface area contributed by atoms with E-state index in [1.165, 1.54) is 0 Å². The van der Waals surface area contributed by atoms with Gasteiger partial charge >= 0.3 is 0 Å². The minimum atomic E-state index is -0.0185. The first kappa shape index (κ1) is 9.21. The molecule has 1 aliphatic rings. The molecule has 1 aliphatic heterocycles. The average molecular weight is 190 g/mol. The Hall–Kier alpha value is -1.35. The Morgan fingerprint density at radius 1 is 1.50 bits per heavy atom. The van der Waals surface area contributed by atoms with Crippen LogP contribution in [0.4, 0.5) is 0 Å². The fourth-order valence-electron chi connectivity index (χ4n) is 1.71. The van der Waals surface area contributed by atoms with Crippen LogP contribution in [-0.2, 0) is 6.42 Å². The van der Waals surface area contributed by atoms with Gasteiger partial charge in [-0.25, -0.2) is 0 Å². The van der Waals surface area contributed by atoms with E-state index in [-0.39, 0.29) is 11.9 Å². The lowest BCUT2D eigenvalue weighted by Gasteiger charge is -2.18. The highest BCUT2D eigenvalue weighted by atomic mass is 16.1. The van der Waals surface area contributed by atoms with Gasteiger partial charge in [0, 0.05) is 18.2 Å². The molecule has 2 rings (SSSR count). The molecule has 0 aliphatic carbocycles. The van der Waals surface area contributed by atoms with Crippen LogP contribution in [0.3, 0.4) is 0 Å². The topological polar surface area (TPSA) is 55.1 Å². The number of nitrogens with one attached hydrogen (secondary N) is 1. The first-order chi connectivity index (χ1) is 6.68. The molecule has 0 saturated carbocycles. The fourth-order valence-corrected chi connectivity index (χ4v) is 1.71. The summed E-state index contributed by atoms with van der Waals surface area (Å²) in [6.07, 6.45) is 0.917. The summed E-state index contributed by atoms with van der Waals surface area (Å²) in [6.45, 7) is 2.66. The van der Waals surface area contributed by atoms with E-state index in [0.717, 1.165) is 29.7 Å². The largest absolute Gasteiger partial charge is 0.352 e. The van der Waals surface area contributed by atoms with E-state index in [9.17, 15) is 4.79 Å². The SMILES string of the molecule is C[C@@H](N)c1ccc2c(c1)C(=O)NCC2. The monoisotopic (exact) mass is 190 g/mol. The smallest absolute Gasteiger partial charge is 0.251 e. The Labute approximate surface area is 83.3 Å². The van der Waals surface area contributed by atoms with Crippen molar-refractivity contribution in [1.82, 2.24) is 5.32 Å². The van der Waals surface area contributed by atoms with E-state index < -0.39 is 0 Å². The quantitative estimate of drug-likeness (QED) is 0.694. The van der Waals surface area contributed by atoms with Gasteiger partial charge < -0.3 is 11.1 Å². The predicted octanol–water partition coefficient (Wildman–Crippen LogP) is 0.992. The normalized spacial score (nSPS) is 17.1. The van der Waals surface area contributed by atoms with Crippen LogP contribution in [0.2, 0.25) is 0 Å². The van der Waals surface area contributed by atoms with Gasteiger partial charge in [0.25, 0.3) is 5.91 Å². The lowest BCUT2D eigenvalue weighted by Crippen LogP contribution is -2.32. The third-order valence-corrected chi connectivity index (χ3v) is 2.58. The number of hydrogen-bond donors (Lipinski definition) is 2. The van der Waals surface area contributed by atoms with Crippen molar-refractivity contribution in [2.24, 2.45) is 5.73 Å². The molecule has 0 bridgehead atoms. The van der Waals surface area contributed by atoms with E-state index in [1.54, 1.807) is 0 Å². The van der Waals surface area contributed by atoms with Crippen LogP contribution < -0.4 is 11.1 Å². The van der Waals surface area contributed by atoms with Crippen LogP contribution in [0.5, 0.6) is 0 Å². The maximum atomic E-state index is 11.5. The van der Waals surface area contributed by atoms with E-state index in [1.807, 2.05) is 25.1 Å². The molecule has 1 aromatic rings. The minimum Gasteiger partial charge on any atom is -0.352 e. The van der Waals surface area contributed by atoms with Gasteiger partial charge in [-0.3, -0.25) is 4.79 Å². The zero-order valence-corrected chi connectivity index (χ0v) is 8.21. The number of hydrogen-bond acceptors (Lipinski definition) is 2. The van der Waals surface area contributed by atoms with E-state index in [0.29, 0.717) is 0 Å². The highest BCUT2D eigenvalue weighted by molar-refractivity contribution is 5.96. The van der Waals surface area contributed by atoms with Gasteiger partial charge in [0.05, 0.1) is 0 Å². The second-order valence-electron chi connectivity index (χ2n) is 3.71. The molecule has 0 fully saturated rings. The van der Waals surface area contributed by atoms with Gasteiger partial charge in [0.2, 0.25) is 0 Å². The number of rotatable bonds is 1. The first-order valence-corrected chi connectivity index (χ1v) is 4.85. The number of benzene rings is 1. The van der Waals surface area contributed by atoms with Crippen LogP contribution >= 0.6 is 0 Å². The van der Waals surface area contributed by atoms with Gasteiger partial charge in [-0.05, 0) is 30.5 Å². The highest BCUT2D eigenvalue weighted by Crippen LogP contribution is 2.18. The molecular weight excluding hydrogens is 176 g/mol. The zero-order valence-electron chi connectivity index (χ0n) is 8.21. The van der Waals surface area contributed by atoms with Gasteiger partial charge in [-0.15, -0.1) is 0 Å². The average Bonchev–Trinajstić information content (AvgIpc) is 2.18. The Morgan fingerprint density at radius 3 is 3.00 bits per heavy atom. The van der Waals surface area contributed by atoms with Gasteiger partial charge in [0.1, 0.15) is 0 Å². The van der Waals surface area contributed by atoms with Crippen molar-refractivity contribution in [3.8, 4) is 0 Å². The molecule has 0 saturated heterocycles. The second-order valence-corrected chi connectivity index (χ2v) is 3.71. The molecule has 0 radical (unpaired) electrons. The Bertz CT molecular complexity index is 372. The van der Waals surface area contributed by atoms with Crippen LogP contribution in [0.25, 0.3) is 0 Å². The van der Waals surface area contributed by atoms with Gasteiger partial charge in [-0.1, -0.05) is 12.1 Å². The van der Waals surface area contributed by atoms with Crippen LogP contribution in [0, 0.1) is 0 Å². The summed E-state index contributed by atoms with van der Waals surface area (Å²) in [7, 11) is 0. The number of carbonyl (C=O) groups excluding carboxylic acids is 1.